The molecule has 5 nitrogen and oxygen atoms in total. The van der Waals surface area contributed by atoms with Crippen molar-refractivity contribution < 1.29 is 18.3 Å². The van der Waals surface area contributed by atoms with Crippen LogP contribution in [0.5, 0.6) is 5.75 Å². The smallest absolute Gasteiger partial charge is 0.275 e. The number of hydrogen-bond acceptors (Lipinski definition) is 4. The number of likely N-dealkylation sites (tertiary alicyclic amines) is 1. The number of hydrogen-bond donors (Lipinski definition) is 0. The fourth-order valence-corrected chi connectivity index (χ4v) is 4.12. The minimum absolute atomic E-state index is 0.0570. The molecule has 1 aromatic carbocycles. The van der Waals surface area contributed by atoms with Crippen LogP contribution in [0.3, 0.4) is 0 Å². The molecular formula is C20H23FN2O3. The Kier molecular flexibility index (Phi) is 4.91. The Morgan fingerprint density at radius 2 is 2.12 bits per heavy atom. The Bertz CT molecular complexity index is 776. The lowest BCUT2D eigenvalue weighted by atomic mass is 9.75. The zero-order chi connectivity index (χ0) is 17.9. The first-order valence-corrected chi connectivity index (χ1v) is 9.31. The number of oxazole rings is 1. The van der Waals surface area contributed by atoms with E-state index in [1.54, 1.807) is 12.1 Å². The minimum Gasteiger partial charge on any atom is -0.484 e. The molecule has 138 valence electrons. The molecular weight excluding hydrogens is 335 g/mol. The van der Waals surface area contributed by atoms with Crippen LogP contribution in [0, 0.1) is 17.7 Å². The fraction of sp³-hybridized carbons (Fsp3) is 0.500. The van der Waals surface area contributed by atoms with E-state index in [1.807, 2.05) is 4.90 Å². The molecule has 1 aromatic heterocycles. The van der Waals surface area contributed by atoms with E-state index in [1.165, 1.54) is 44.1 Å². The number of carbonyl (C=O) groups is 1. The number of piperidine rings is 1. The molecule has 6 heteroatoms. The summed E-state index contributed by atoms with van der Waals surface area (Å²) in [6.45, 7) is 1.68. The van der Waals surface area contributed by atoms with Gasteiger partial charge in [-0.3, -0.25) is 4.79 Å². The lowest BCUT2D eigenvalue weighted by molar-refractivity contribution is 0.0515. The van der Waals surface area contributed by atoms with Gasteiger partial charge in [-0.15, -0.1) is 0 Å². The van der Waals surface area contributed by atoms with Crippen molar-refractivity contribution in [3.63, 3.8) is 0 Å². The highest BCUT2D eigenvalue weighted by molar-refractivity contribution is 5.92. The van der Waals surface area contributed by atoms with Crippen LogP contribution in [0.25, 0.3) is 0 Å². The minimum atomic E-state index is -0.364. The molecule has 0 spiro atoms. The second-order valence-corrected chi connectivity index (χ2v) is 7.22. The Morgan fingerprint density at radius 3 is 2.96 bits per heavy atom. The van der Waals surface area contributed by atoms with Gasteiger partial charge in [-0.1, -0.05) is 25.3 Å². The van der Waals surface area contributed by atoms with E-state index in [9.17, 15) is 9.18 Å². The lowest BCUT2D eigenvalue weighted by Crippen LogP contribution is -2.44. The third-order valence-electron chi connectivity index (χ3n) is 5.51. The monoisotopic (exact) mass is 358 g/mol. The summed E-state index contributed by atoms with van der Waals surface area (Å²) in [5.74, 6) is 1.68. The number of nitrogens with zero attached hydrogens (tertiary/aromatic N) is 2. The van der Waals surface area contributed by atoms with Crippen molar-refractivity contribution in [3.8, 4) is 5.75 Å². The summed E-state index contributed by atoms with van der Waals surface area (Å²) in [4.78, 5) is 18.9. The van der Waals surface area contributed by atoms with Crippen LogP contribution in [0.2, 0.25) is 0 Å². The Hall–Kier alpha value is -2.37. The van der Waals surface area contributed by atoms with Gasteiger partial charge < -0.3 is 14.1 Å². The number of halogens is 1. The number of carbonyl (C=O) groups excluding carboxylic acids is 1. The van der Waals surface area contributed by atoms with E-state index < -0.39 is 0 Å². The van der Waals surface area contributed by atoms with Gasteiger partial charge in [-0.25, -0.2) is 9.37 Å². The highest BCUT2D eigenvalue weighted by Gasteiger charge is 2.33. The Morgan fingerprint density at radius 1 is 1.27 bits per heavy atom. The van der Waals surface area contributed by atoms with E-state index in [2.05, 4.69) is 4.98 Å². The molecule has 0 bridgehead atoms. The predicted octanol–water partition coefficient (Wildman–Crippen LogP) is 4.05. The number of rotatable bonds is 4. The van der Waals surface area contributed by atoms with Crippen molar-refractivity contribution in [2.45, 2.75) is 38.7 Å². The third kappa shape index (κ3) is 3.74. The lowest BCUT2D eigenvalue weighted by Gasteiger charge is -2.41. The van der Waals surface area contributed by atoms with E-state index in [0.717, 1.165) is 25.4 Å². The summed E-state index contributed by atoms with van der Waals surface area (Å²) in [5.41, 5.74) is 0.317. The zero-order valence-corrected chi connectivity index (χ0v) is 14.7. The van der Waals surface area contributed by atoms with E-state index in [-0.39, 0.29) is 18.3 Å². The quantitative estimate of drug-likeness (QED) is 0.827. The van der Waals surface area contributed by atoms with Gasteiger partial charge in [0, 0.05) is 19.2 Å². The van der Waals surface area contributed by atoms with E-state index >= 15 is 0 Å². The van der Waals surface area contributed by atoms with Crippen molar-refractivity contribution in [1.82, 2.24) is 9.88 Å². The van der Waals surface area contributed by atoms with Crippen LogP contribution >= 0.6 is 0 Å². The first-order chi connectivity index (χ1) is 12.7. The number of amides is 1. The summed E-state index contributed by atoms with van der Waals surface area (Å²) < 4.78 is 24.0. The molecule has 1 aliphatic heterocycles. The van der Waals surface area contributed by atoms with Gasteiger partial charge in [0.05, 0.1) is 0 Å². The average Bonchev–Trinajstić information content (AvgIpc) is 3.14. The topological polar surface area (TPSA) is 55.6 Å². The highest BCUT2D eigenvalue weighted by Crippen LogP contribution is 2.36. The first kappa shape index (κ1) is 17.1. The number of ether oxygens (including phenoxy) is 1. The van der Waals surface area contributed by atoms with Crippen LogP contribution in [0.4, 0.5) is 4.39 Å². The van der Waals surface area contributed by atoms with Crippen LogP contribution in [0.1, 0.15) is 48.5 Å². The van der Waals surface area contributed by atoms with Crippen LogP contribution in [0.15, 0.2) is 34.9 Å². The van der Waals surface area contributed by atoms with Crippen molar-refractivity contribution in [1.29, 1.82) is 0 Å². The zero-order valence-electron chi connectivity index (χ0n) is 14.7. The summed E-state index contributed by atoms with van der Waals surface area (Å²) in [6.07, 6.45) is 7.60. The van der Waals surface area contributed by atoms with E-state index in [4.69, 9.17) is 9.15 Å². The molecule has 2 atom stereocenters. The molecule has 1 aliphatic carbocycles. The second-order valence-electron chi connectivity index (χ2n) is 7.22. The van der Waals surface area contributed by atoms with E-state index in [0.29, 0.717) is 23.3 Å². The third-order valence-corrected chi connectivity index (χ3v) is 5.51. The van der Waals surface area contributed by atoms with Gasteiger partial charge in [0.2, 0.25) is 5.89 Å². The maximum Gasteiger partial charge on any atom is 0.275 e. The molecule has 1 amide bonds. The molecule has 2 aliphatic rings. The molecule has 2 fully saturated rings. The van der Waals surface area contributed by atoms with Crippen molar-refractivity contribution >= 4 is 5.91 Å². The van der Waals surface area contributed by atoms with Gasteiger partial charge in [0.15, 0.2) is 12.3 Å². The summed E-state index contributed by atoms with van der Waals surface area (Å²) in [5, 5.41) is 0. The molecule has 0 radical (unpaired) electrons. The highest BCUT2D eigenvalue weighted by atomic mass is 19.1. The van der Waals surface area contributed by atoms with Gasteiger partial charge in [-0.2, -0.15) is 0 Å². The molecule has 2 aromatic rings. The Labute approximate surface area is 152 Å². The largest absolute Gasteiger partial charge is 0.484 e. The van der Waals surface area contributed by atoms with Crippen molar-refractivity contribution in [2.24, 2.45) is 11.8 Å². The van der Waals surface area contributed by atoms with Crippen LogP contribution in [-0.4, -0.2) is 28.9 Å². The average molecular weight is 358 g/mol. The van der Waals surface area contributed by atoms with Gasteiger partial charge >= 0.3 is 0 Å². The van der Waals surface area contributed by atoms with Crippen LogP contribution in [-0.2, 0) is 6.61 Å². The summed E-state index contributed by atoms with van der Waals surface area (Å²) in [7, 11) is 0. The molecule has 1 saturated heterocycles. The number of fused-ring (bicyclic) bond motifs is 1. The first-order valence-electron chi connectivity index (χ1n) is 9.31. The fourth-order valence-electron chi connectivity index (χ4n) is 4.12. The van der Waals surface area contributed by atoms with Gasteiger partial charge in [-0.05, 0) is 36.8 Å². The van der Waals surface area contributed by atoms with Crippen LogP contribution < -0.4 is 4.74 Å². The van der Waals surface area contributed by atoms with Crippen molar-refractivity contribution in [2.75, 3.05) is 13.1 Å². The maximum absolute atomic E-state index is 13.2. The maximum atomic E-state index is 13.2. The molecule has 4 rings (SSSR count). The molecule has 0 unspecified atom stereocenters. The molecule has 2 heterocycles. The number of aromatic nitrogens is 1. The Balaban J connectivity index is 1.35. The summed E-state index contributed by atoms with van der Waals surface area (Å²) in [6, 6.07) is 5.88. The van der Waals surface area contributed by atoms with Gasteiger partial charge in [0.25, 0.3) is 5.91 Å². The molecule has 1 saturated carbocycles. The van der Waals surface area contributed by atoms with Gasteiger partial charge in [0.1, 0.15) is 17.8 Å². The predicted molar refractivity (Wildman–Crippen MR) is 93.2 cm³/mol. The standard InChI is InChI=1S/C20H23FN2O3/c21-16-6-3-7-17(10-16)25-13-19-22-18(12-26-19)20(24)23-9-8-14-4-1-2-5-15(14)11-23/h3,6-7,10,12,14-15H,1-2,4-5,8-9,11,13H2/t14-,15-/m0/s1. The molecule has 0 N–H and O–H groups in total. The SMILES string of the molecule is O=C(c1coc(COc2cccc(F)c2)n1)N1CC[C@@H]2CCCC[C@H]2C1. The number of benzene rings is 1. The molecule has 26 heavy (non-hydrogen) atoms. The van der Waals surface area contributed by atoms with Crippen molar-refractivity contribution in [3.05, 3.63) is 47.9 Å². The second kappa shape index (κ2) is 7.48. The normalized spacial score (nSPS) is 22.7. The summed E-state index contributed by atoms with van der Waals surface area (Å²) >= 11 is 0.